The van der Waals surface area contributed by atoms with Crippen LogP contribution in [0.2, 0.25) is 0 Å². The number of ether oxygens (including phenoxy) is 1. The van der Waals surface area contributed by atoms with Gasteiger partial charge < -0.3 is 33.9 Å². The largest absolute Gasteiger partial charge is 1.00 e. The van der Waals surface area contributed by atoms with Gasteiger partial charge in [-0.25, -0.2) is 0 Å². The van der Waals surface area contributed by atoms with Gasteiger partial charge in [-0.15, -0.1) is 0 Å². The lowest BCUT2D eigenvalue weighted by Crippen LogP contribution is -3.11. The van der Waals surface area contributed by atoms with Gasteiger partial charge in [-0.3, -0.25) is 9.97 Å². The van der Waals surface area contributed by atoms with Gasteiger partial charge in [0, 0.05) is 18.3 Å². The second kappa shape index (κ2) is 11.7. The van der Waals surface area contributed by atoms with E-state index >= 15 is 0 Å². The van der Waals surface area contributed by atoms with Gasteiger partial charge in [0.15, 0.2) is 0 Å². The number of carbonyl (C=O) groups is 1. The summed E-state index contributed by atoms with van der Waals surface area (Å²) in [6.07, 6.45) is 4.10. The van der Waals surface area contributed by atoms with E-state index in [1.165, 1.54) is 12.6 Å². The zero-order valence-corrected chi connectivity index (χ0v) is 17.9. The molecular formula is C20H30IN2O3-. The molecule has 1 fully saturated rings. The van der Waals surface area contributed by atoms with E-state index in [-0.39, 0.29) is 40.9 Å². The van der Waals surface area contributed by atoms with Gasteiger partial charge in [0.25, 0.3) is 0 Å². The summed E-state index contributed by atoms with van der Waals surface area (Å²) >= 11 is 0. The maximum atomic E-state index is 12.2. The molecule has 6 heteroatoms. The molecule has 2 N–H and O–H groups in total. The second-order valence-electron chi connectivity index (χ2n) is 6.99. The molecule has 1 aromatic rings. The first-order valence-corrected chi connectivity index (χ1v) is 9.10. The Hall–Kier alpha value is -0.960. The Balaban J connectivity index is 0.00000338. The van der Waals surface area contributed by atoms with E-state index in [1.807, 2.05) is 0 Å². The number of carbonyl (C=O) groups excluding carboxylic acids is 1. The van der Waals surface area contributed by atoms with Gasteiger partial charge in [-0.2, -0.15) is 5.43 Å². The van der Waals surface area contributed by atoms with Crippen molar-refractivity contribution in [3.05, 3.63) is 52.9 Å². The third-order valence-corrected chi connectivity index (χ3v) is 4.93. The molecule has 1 atom stereocenters. The van der Waals surface area contributed by atoms with Crippen LogP contribution < -0.4 is 34.6 Å². The van der Waals surface area contributed by atoms with Crippen molar-refractivity contribution in [3.63, 3.8) is 0 Å². The van der Waals surface area contributed by atoms with Crippen LogP contribution in [0.3, 0.4) is 0 Å². The highest BCUT2D eigenvalue weighted by molar-refractivity contribution is 5.81. The molecule has 1 aliphatic rings. The number of nitrogens with one attached hydrogen (secondary N) is 2. The molecule has 0 saturated heterocycles. The number of hydrogen-bond acceptors (Lipinski definition) is 4. The van der Waals surface area contributed by atoms with Crippen molar-refractivity contribution >= 4 is 5.78 Å². The number of benzene rings is 1. The van der Waals surface area contributed by atoms with Gasteiger partial charge in [0.05, 0.1) is 19.4 Å². The highest BCUT2D eigenvalue weighted by Gasteiger charge is 2.27. The van der Waals surface area contributed by atoms with Crippen LogP contribution in [0.25, 0.3) is 0 Å². The average Bonchev–Trinajstić information content (AvgIpc) is 2.60. The number of quaternary nitrogens is 1. The van der Waals surface area contributed by atoms with Crippen molar-refractivity contribution in [2.24, 2.45) is 11.8 Å². The normalized spacial score (nSPS) is 20.7. The summed E-state index contributed by atoms with van der Waals surface area (Å²) in [6.45, 7) is 7.16. The molecule has 1 unspecified atom stereocenters. The van der Waals surface area contributed by atoms with E-state index < -0.39 is 0 Å². The molecule has 1 aliphatic carbocycles. The number of hydroxylamine groups is 1. The van der Waals surface area contributed by atoms with Crippen molar-refractivity contribution in [1.82, 2.24) is 5.43 Å². The Morgan fingerprint density at radius 1 is 1.23 bits per heavy atom. The lowest BCUT2D eigenvalue weighted by molar-refractivity contribution is -0.875. The molecule has 0 aromatic heterocycles. The predicted molar refractivity (Wildman–Crippen MR) is 98.4 cm³/mol. The monoisotopic (exact) mass is 473 g/mol. The van der Waals surface area contributed by atoms with E-state index in [9.17, 15) is 10.0 Å². The molecule has 2 rings (SSSR count). The molecule has 5 nitrogen and oxygen atoms in total. The molecule has 0 radical (unpaired) electrons. The lowest BCUT2D eigenvalue weighted by Gasteiger charge is -2.29. The van der Waals surface area contributed by atoms with E-state index in [2.05, 4.69) is 43.2 Å². The van der Waals surface area contributed by atoms with Crippen molar-refractivity contribution < 1.29 is 38.7 Å². The Morgan fingerprint density at radius 3 is 2.38 bits per heavy atom. The molecular weight excluding hydrogens is 443 g/mol. The maximum Gasteiger partial charge on any atom is 0.137 e. The highest BCUT2D eigenvalue weighted by atomic mass is 127. The summed E-state index contributed by atoms with van der Waals surface area (Å²) in [5, 5.41) is 10.8. The zero-order valence-electron chi connectivity index (χ0n) is 15.7. The summed E-state index contributed by atoms with van der Waals surface area (Å²) < 4.78 is 5.87. The zero-order chi connectivity index (χ0) is 18.2. The number of aryl methyl sites for hydroxylation is 1. The summed E-state index contributed by atoms with van der Waals surface area (Å²) in [7, 11) is 1.47. The third kappa shape index (κ3) is 7.73. The standard InChI is InChI=1S/C20H30N2O3.HI/c1-15-4-6-17(7-5-15)14-25-16(2)18-8-10-19(11-9-18)20(23)12-13-21-22(3)24;/h4-7,18-19,21-22H,2,8-14H2,1,3H3;1H/p-1. The first kappa shape index (κ1) is 23.1. The van der Waals surface area contributed by atoms with Crippen LogP contribution in [0, 0.1) is 24.0 Å². The third-order valence-electron chi connectivity index (χ3n) is 4.93. The van der Waals surface area contributed by atoms with E-state index in [1.54, 1.807) is 0 Å². The molecule has 1 aromatic carbocycles. The summed E-state index contributed by atoms with van der Waals surface area (Å²) in [5.74, 6) is 1.56. The molecule has 0 aliphatic heterocycles. The smallest absolute Gasteiger partial charge is 0.137 e. The van der Waals surface area contributed by atoms with Crippen molar-refractivity contribution in [3.8, 4) is 0 Å². The van der Waals surface area contributed by atoms with Crippen molar-refractivity contribution in [2.75, 3.05) is 13.6 Å². The fraction of sp³-hybridized carbons (Fsp3) is 0.550. The fourth-order valence-corrected chi connectivity index (χ4v) is 3.28. The molecule has 0 amide bonds. The van der Waals surface area contributed by atoms with Crippen LogP contribution in [0.5, 0.6) is 0 Å². The molecule has 1 saturated carbocycles. The molecule has 0 bridgehead atoms. The van der Waals surface area contributed by atoms with Gasteiger partial charge in [-0.05, 0) is 38.2 Å². The first-order valence-electron chi connectivity index (χ1n) is 9.10. The quantitative estimate of drug-likeness (QED) is 0.283. The van der Waals surface area contributed by atoms with Crippen molar-refractivity contribution in [1.29, 1.82) is 0 Å². The summed E-state index contributed by atoms with van der Waals surface area (Å²) in [4.78, 5) is 12.2. The van der Waals surface area contributed by atoms with Crippen LogP contribution in [0.15, 0.2) is 36.6 Å². The molecule has 26 heavy (non-hydrogen) atoms. The average molecular weight is 473 g/mol. The van der Waals surface area contributed by atoms with E-state index in [0.29, 0.717) is 25.5 Å². The number of ketones is 1. The topological polar surface area (TPSA) is 65.8 Å². The number of halogens is 1. The first-order chi connectivity index (χ1) is 12.0. The fourth-order valence-electron chi connectivity index (χ4n) is 3.28. The van der Waals surface area contributed by atoms with E-state index in [4.69, 9.17) is 4.74 Å². The number of Topliss-reactive ketones (excluding diaryl/α,β-unsaturated/α-hetero) is 1. The minimum atomic E-state index is -0.0847. The second-order valence-corrected chi connectivity index (χ2v) is 6.99. The molecule has 146 valence electrons. The Morgan fingerprint density at radius 2 is 1.81 bits per heavy atom. The van der Waals surface area contributed by atoms with Gasteiger partial charge in [-0.1, -0.05) is 36.4 Å². The van der Waals surface area contributed by atoms with Crippen LogP contribution in [-0.4, -0.2) is 19.4 Å². The van der Waals surface area contributed by atoms with Crippen LogP contribution in [-0.2, 0) is 16.1 Å². The molecule has 0 spiro atoms. The maximum absolute atomic E-state index is 12.2. The lowest BCUT2D eigenvalue weighted by atomic mass is 9.79. The minimum absolute atomic E-state index is 0. The minimum Gasteiger partial charge on any atom is -1.00 e. The SMILES string of the molecule is C=C(OCc1ccc(C)cc1)C1CCC(C(=O)CCN[NH+](C)[O-])CC1.[I-]. The number of allylic oxidation sites excluding steroid dienone is 1. The van der Waals surface area contributed by atoms with Gasteiger partial charge >= 0.3 is 0 Å². The van der Waals surface area contributed by atoms with Crippen LogP contribution >= 0.6 is 0 Å². The van der Waals surface area contributed by atoms with Crippen LogP contribution in [0.1, 0.15) is 43.2 Å². The Bertz CT molecular complexity index is 567. The summed E-state index contributed by atoms with van der Waals surface area (Å²) in [5.41, 5.74) is 5.07. The highest BCUT2D eigenvalue weighted by Crippen LogP contribution is 2.34. The van der Waals surface area contributed by atoms with E-state index in [0.717, 1.165) is 37.0 Å². The van der Waals surface area contributed by atoms with Crippen molar-refractivity contribution in [2.45, 2.75) is 45.6 Å². The Labute approximate surface area is 173 Å². The van der Waals surface area contributed by atoms with Crippen LogP contribution in [0.4, 0.5) is 0 Å². The number of hydrogen-bond donors (Lipinski definition) is 2. The summed E-state index contributed by atoms with van der Waals surface area (Å²) in [6, 6.07) is 8.32. The predicted octanol–water partition coefficient (Wildman–Crippen LogP) is -0.688. The van der Waals surface area contributed by atoms with Gasteiger partial charge in [0.2, 0.25) is 0 Å². The Kier molecular flexibility index (Phi) is 10.4. The number of rotatable bonds is 9. The van der Waals surface area contributed by atoms with Gasteiger partial charge in [0.1, 0.15) is 12.4 Å². The molecule has 0 heterocycles.